The molecule has 26 heavy (non-hydrogen) atoms. The fraction of sp³-hybridized carbons (Fsp3) is 0.200. The van der Waals surface area contributed by atoms with E-state index in [9.17, 15) is 4.79 Å². The number of halogens is 1. The lowest BCUT2D eigenvalue weighted by atomic mass is 10.1. The predicted octanol–water partition coefficient (Wildman–Crippen LogP) is 4.81. The Morgan fingerprint density at radius 2 is 1.92 bits per heavy atom. The number of amides is 1. The van der Waals surface area contributed by atoms with E-state index in [1.807, 2.05) is 54.9 Å². The van der Waals surface area contributed by atoms with Crippen LogP contribution in [0.3, 0.4) is 0 Å². The number of carbonyl (C=O) groups is 1. The Bertz CT molecular complexity index is 904. The van der Waals surface area contributed by atoms with E-state index in [1.165, 1.54) is 0 Å². The lowest BCUT2D eigenvalue weighted by Crippen LogP contribution is -2.12. The zero-order valence-corrected chi connectivity index (χ0v) is 16.3. The van der Waals surface area contributed by atoms with Crippen LogP contribution in [0.4, 0.5) is 5.69 Å². The molecule has 0 bridgehead atoms. The number of carbonyl (C=O) groups excluding carboxylic acids is 1. The van der Waals surface area contributed by atoms with Crippen molar-refractivity contribution in [1.29, 1.82) is 0 Å². The molecule has 1 aromatic heterocycles. The molecule has 1 N–H and O–H groups in total. The van der Waals surface area contributed by atoms with E-state index in [0.717, 1.165) is 33.7 Å². The highest BCUT2D eigenvalue weighted by Crippen LogP contribution is 2.24. The van der Waals surface area contributed by atoms with E-state index >= 15 is 0 Å². The largest absolute Gasteiger partial charge is 0.488 e. The van der Waals surface area contributed by atoms with E-state index in [1.54, 1.807) is 18.3 Å². The van der Waals surface area contributed by atoms with Gasteiger partial charge in [-0.1, -0.05) is 24.3 Å². The molecule has 0 saturated heterocycles. The average molecular weight is 414 g/mol. The van der Waals surface area contributed by atoms with Crippen LogP contribution >= 0.6 is 15.9 Å². The summed E-state index contributed by atoms with van der Waals surface area (Å²) in [6.07, 6.45) is 1.68. The maximum absolute atomic E-state index is 12.4. The molecule has 5 nitrogen and oxygen atoms in total. The van der Waals surface area contributed by atoms with Gasteiger partial charge in [0.2, 0.25) is 0 Å². The van der Waals surface area contributed by atoms with Gasteiger partial charge < -0.3 is 10.1 Å². The van der Waals surface area contributed by atoms with Crippen molar-refractivity contribution >= 4 is 27.5 Å². The summed E-state index contributed by atoms with van der Waals surface area (Å²) in [6.45, 7) is 5.16. The smallest absolute Gasteiger partial charge is 0.255 e. The summed E-state index contributed by atoms with van der Waals surface area (Å²) >= 11 is 3.46. The average Bonchev–Trinajstić information content (AvgIpc) is 3.01. The van der Waals surface area contributed by atoms with E-state index in [4.69, 9.17) is 4.74 Å². The Hall–Kier alpha value is -2.60. The van der Waals surface area contributed by atoms with Gasteiger partial charge in [0.25, 0.3) is 5.91 Å². The van der Waals surface area contributed by atoms with Gasteiger partial charge in [-0.05, 0) is 59.6 Å². The van der Waals surface area contributed by atoms with Gasteiger partial charge in [-0.3, -0.25) is 9.48 Å². The van der Waals surface area contributed by atoms with Crippen molar-refractivity contribution in [3.05, 3.63) is 76.0 Å². The van der Waals surface area contributed by atoms with Crippen LogP contribution in [0.2, 0.25) is 0 Å². The van der Waals surface area contributed by atoms with Crippen LogP contribution in [0.5, 0.6) is 5.75 Å². The summed E-state index contributed by atoms with van der Waals surface area (Å²) in [5.41, 5.74) is 3.27. The molecule has 0 fully saturated rings. The minimum Gasteiger partial charge on any atom is -0.488 e. The van der Waals surface area contributed by atoms with Gasteiger partial charge in [0.1, 0.15) is 12.4 Å². The highest BCUT2D eigenvalue weighted by molar-refractivity contribution is 9.10. The molecule has 2 aromatic carbocycles. The summed E-state index contributed by atoms with van der Waals surface area (Å²) in [6, 6.07) is 15.1. The quantitative estimate of drug-likeness (QED) is 0.630. The van der Waals surface area contributed by atoms with Gasteiger partial charge in [-0.15, -0.1) is 0 Å². The fourth-order valence-electron chi connectivity index (χ4n) is 2.56. The molecule has 0 aliphatic rings. The maximum atomic E-state index is 12.4. The molecule has 0 unspecified atom stereocenters. The number of para-hydroxylation sites is 1. The summed E-state index contributed by atoms with van der Waals surface area (Å²) in [5, 5.41) is 7.14. The van der Waals surface area contributed by atoms with Gasteiger partial charge in [-0.2, -0.15) is 5.10 Å². The van der Waals surface area contributed by atoms with E-state index in [-0.39, 0.29) is 5.91 Å². The number of nitrogens with one attached hydrogen (secondary N) is 1. The van der Waals surface area contributed by atoms with Gasteiger partial charge in [-0.25, -0.2) is 0 Å². The minimum atomic E-state index is -0.151. The molecule has 1 amide bonds. The van der Waals surface area contributed by atoms with E-state index < -0.39 is 0 Å². The van der Waals surface area contributed by atoms with Crippen LogP contribution in [-0.2, 0) is 13.2 Å². The van der Waals surface area contributed by atoms with Crippen molar-refractivity contribution in [2.75, 3.05) is 5.32 Å². The lowest BCUT2D eigenvalue weighted by molar-refractivity contribution is 0.102. The molecule has 3 rings (SSSR count). The van der Waals surface area contributed by atoms with Crippen LogP contribution in [-0.4, -0.2) is 15.7 Å². The molecule has 0 aliphatic heterocycles. The third kappa shape index (κ3) is 4.14. The summed E-state index contributed by atoms with van der Waals surface area (Å²) < 4.78 is 8.55. The highest BCUT2D eigenvalue weighted by atomic mass is 79.9. The number of rotatable bonds is 6. The number of hydrogen-bond acceptors (Lipinski definition) is 3. The molecule has 6 heteroatoms. The molecular formula is C20H20BrN3O2. The standard InChI is InChI=1S/C20H20BrN3O2/c1-3-24-14(2)18(12-22-24)23-20(25)16-10-8-15(9-11-16)13-26-19-7-5-4-6-17(19)21/h4-12H,3,13H2,1-2H3,(H,23,25). The third-order valence-electron chi connectivity index (χ3n) is 4.10. The molecule has 0 atom stereocenters. The van der Waals surface area contributed by atoms with Gasteiger partial charge in [0, 0.05) is 12.1 Å². The topological polar surface area (TPSA) is 56.2 Å². The highest BCUT2D eigenvalue weighted by Gasteiger charge is 2.11. The van der Waals surface area contributed by atoms with Crippen LogP contribution in [0.1, 0.15) is 28.5 Å². The summed E-state index contributed by atoms with van der Waals surface area (Å²) in [5.74, 6) is 0.639. The Balaban J connectivity index is 1.62. The number of ether oxygens (including phenoxy) is 1. The first-order valence-corrected chi connectivity index (χ1v) is 9.17. The van der Waals surface area contributed by atoms with Crippen LogP contribution in [0, 0.1) is 6.92 Å². The third-order valence-corrected chi connectivity index (χ3v) is 4.75. The summed E-state index contributed by atoms with van der Waals surface area (Å²) in [7, 11) is 0. The van der Waals surface area contributed by atoms with Crippen molar-refractivity contribution in [1.82, 2.24) is 9.78 Å². The number of hydrogen-bond donors (Lipinski definition) is 1. The SMILES string of the molecule is CCn1ncc(NC(=O)c2ccc(COc3ccccc3Br)cc2)c1C. The summed E-state index contributed by atoms with van der Waals surface area (Å²) in [4.78, 5) is 12.4. The Kier molecular flexibility index (Phi) is 5.73. The molecule has 134 valence electrons. The number of benzene rings is 2. The number of anilines is 1. The van der Waals surface area contributed by atoms with Gasteiger partial charge >= 0.3 is 0 Å². The maximum Gasteiger partial charge on any atom is 0.255 e. The first kappa shape index (κ1) is 18.2. The van der Waals surface area contributed by atoms with E-state index in [2.05, 4.69) is 26.3 Å². The van der Waals surface area contributed by atoms with Crippen molar-refractivity contribution < 1.29 is 9.53 Å². The van der Waals surface area contributed by atoms with Crippen LogP contribution < -0.4 is 10.1 Å². The van der Waals surface area contributed by atoms with Crippen molar-refractivity contribution in [3.8, 4) is 5.75 Å². The molecular weight excluding hydrogens is 394 g/mol. The van der Waals surface area contributed by atoms with Crippen molar-refractivity contribution in [2.45, 2.75) is 27.0 Å². The second-order valence-corrected chi connectivity index (χ2v) is 6.68. The second kappa shape index (κ2) is 8.19. The van der Waals surface area contributed by atoms with Crippen molar-refractivity contribution in [2.24, 2.45) is 0 Å². The minimum absolute atomic E-state index is 0.151. The fourth-order valence-corrected chi connectivity index (χ4v) is 2.96. The number of nitrogens with zero attached hydrogens (tertiary/aromatic N) is 2. The molecule has 1 heterocycles. The van der Waals surface area contributed by atoms with E-state index in [0.29, 0.717) is 12.2 Å². The molecule has 0 spiro atoms. The molecule has 0 radical (unpaired) electrons. The second-order valence-electron chi connectivity index (χ2n) is 5.83. The Morgan fingerprint density at radius 1 is 1.19 bits per heavy atom. The lowest BCUT2D eigenvalue weighted by Gasteiger charge is -2.09. The Morgan fingerprint density at radius 3 is 2.58 bits per heavy atom. The zero-order valence-electron chi connectivity index (χ0n) is 14.7. The normalized spacial score (nSPS) is 10.6. The zero-order chi connectivity index (χ0) is 18.5. The van der Waals surface area contributed by atoms with Gasteiger partial charge in [0.05, 0.1) is 22.1 Å². The number of aryl methyl sites for hydroxylation is 1. The van der Waals surface area contributed by atoms with Crippen LogP contribution in [0.15, 0.2) is 59.2 Å². The van der Waals surface area contributed by atoms with Crippen molar-refractivity contribution in [3.63, 3.8) is 0 Å². The Labute approximate surface area is 161 Å². The van der Waals surface area contributed by atoms with Gasteiger partial charge in [0.15, 0.2) is 0 Å². The first-order chi connectivity index (χ1) is 12.6. The molecule has 0 aliphatic carbocycles. The molecule has 3 aromatic rings. The van der Waals surface area contributed by atoms with Crippen LogP contribution in [0.25, 0.3) is 0 Å². The molecule has 0 saturated carbocycles. The number of aromatic nitrogens is 2. The monoisotopic (exact) mass is 413 g/mol. The first-order valence-electron chi connectivity index (χ1n) is 8.38. The predicted molar refractivity (Wildman–Crippen MR) is 106 cm³/mol.